The average Bonchev–Trinajstić information content (AvgIpc) is 2.45. The van der Waals surface area contributed by atoms with E-state index in [0.717, 1.165) is 33.4 Å². The Hall–Kier alpha value is -2.48. The van der Waals surface area contributed by atoms with Gasteiger partial charge in [-0.15, -0.1) is 0 Å². The van der Waals surface area contributed by atoms with Gasteiger partial charge in [0, 0.05) is 17.5 Å². The smallest absolute Gasteiger partial charge is 0.126 e. The lowest BCUT2D eigenvalue weighted by Gasteiger charge is -2.13. The van der Waals surface area contributed by atoms with Gasteiger partial charge in [-0.2, -0.15) is 0 Å². The van der Waals surface area contributed by atoms with Gasteiger partial charge < -0.3 is 10.2 Å². The summed E-state index contributed by atoms with van der Waals surface area (Å²) in [6, 6.07) is 7.66. The number of phenols is 2. The standard InChI is InChI=1S/C19H20O2/c1-5-16-12(3)7-9-14(18(16)20)11-15-10-8-13(4)17(6-2)19(15)21/h5-10,20-21H,1-2,11H2,3-4H3. The minimum atomic E-state index is 0.227. The van der Waals surface area contributed by atoms with E-state index in [1.54, 1.807) is 12.2 Å². The van der Waals surface area contributed by atoms with Crippen molar-refractivity contribution in [1.82, 2.24) is 0 Å². The molecule has 0 unspecified atom stereocenters. The topological polar surface area (TPSA) is 40.5 Å². The summed E-state index contributed by atoms with van der Waals surface area (Å²) in [5.41, 5.74) is 4.97. The van der Waals surface area contributed by atoms with Crippen molar-refractivity contribution in [2.75, 3.05) is 0 Å². The lowest BCUT2D eigenvalue weighted by molar-refractivity contribution is 0.461. The first kappa shape index (κ1) is 14.9. The highest BCUT2D eigenvalue weighted by atomic mass is 16.3. The fourth-order valence-corrected chi connectivity index (χ4v) is 2.51. The van der Waals surface area contributed by atoms with Crippen molar-refractivity contribution in [2.24, 2.45) is 0 Å². The summed E-state index contributed by atoms with van der Waals surface area (Å²) in [6.45, 7) is 11.3. The number of hydrogen-bond donors (Lipinski definition) is 2. The van der Waals surface area contributed by atoms with E-state index in [1.165, 1.54) is 0 Å². The first-order chi connectivity index (χ1) is 9.99. The van der Waals surface area contributed by atoms with Gasteiger partial charge in [-0.25, -0.2) is 0 Å². The zero-order valence-electron chi connectivity index (χ0n) is 12.5. The molecule has 0 amide bonds. The molecule has 2 nitrogen and oxygen atoms in total. The van der Waals surface area contributed by atoms with Crippen LogP contribution >= 0.6 is 0 Å². The van der Waals surface area contributed by atoms with Crippen LogP contribution in [0.15, 0.2) is 37.4 Å². The third-order valence-electron chi connectivity index (χ3n) is 3.83. The van der Waals surface area contributed by atoms with E-state index in [1.807, 2.05) is 38.1 Å². The van der Waals surface area contributed by atoms with E-state index in [4.69, 9.17) is 0 Å². The molecule has 0 aromatic heterocycles. The third kappa shape index (κ3) is 2.70. The normalized spacial score (nSPS) is 10.4. The summed E-state index contributed by atoms with van der Waals surface area (Å²) >= 11 is 0. The Balaban J connectivity index is 2.49. The lowest BCUT2D eigenvalue weighted by atomic mass is 9.95. The second-order valence-electron chi connectivity index (χ2n) is 5.19. The molecule has 0 saturated heterocycles. The third-order valence-corrected chi connectivity index (χ3v) is 3.83. The second-order valence-corrected chi connectivity index (χ2v) is 5.19. The van der Waals surface area contributed by atoms with Crippen LogP contribution in [0.2, 0.25) is 0 Å². The zero-order chi connectivity index (χ0) is 15.6. The molecule has 0 aliphatic rings. The maximum atomic E-state index is 10.3. The first-order valence-corrected chi connectivity index (χ1v) is 6.87. The molecule has 0 aliphatic heterocycles. The van der Waals surface area contributed by atoms with Gasteiger partial charge in [0.15, 0.2) is 0 Å². The van der Waals surface area contributed by atoms with Gasteiger partial charge in [-0.05, 0) is 36.1 Å². The van der Waals surface area contributed by atoms with Crippen molar-refractivity contribution < 1.29 is 10.2 Å². The van der Waals surface area contributed by atoms with Gasteiger partial charge >= 0.3 is 0 Å². The predicted octanol–water partition coefficient (Wildman–Crippen LogP) is 4.59. The van der Waals surface area contributed by atoms with E-state index in [2.05, 4.69) is 13.2 Å². The summed E-state index contributed by atoms with van der Waals surface area (Å²) < 4.78 is 0. The molecule has 21 heavy (non-hydrogen) atoms. The Morgan fingerprint density at radius 1 is 0.810 bits per heavy atom. The SMILES string of the molecule is C=Cc1c(C)ccc(Cc2ccc(C)c(C=C)c2O)c1O. The molecule has 2 N–H and O–H groups in total. The number of phenolic OH excluding ortho intramolecular Hbond substituents is 2. The molecule has 0 spiro atoms. The van der Waals surface area contributed by atoms with Crippen LogP contribution in [0.1, 0.15) is 33.4 Å². The fraction of sp³-hybridized carbons (Fsp3) is 0.158. The second kappa shape index (κ2) is 5.88. The van der Waals surface area contributed by atoms with Gasteiger partial charge in [0.1, 0.15) is 11.5 Å². The van der Waals surface area contributed by atoms with Crippen LogP contribution in [0.3, 0.4) is 0 Å². The molecule has 0 saturated carbocycles. The molecule has 0 aliphatic carbocycles. The molecule has 108 valence electrons. The van der Waals surface area contributed by atoms with Crippen molar-refractivity contribution in [1.29, 1.82) is 0 Å². The summed E-state index contributed by atoms with van der Waals surface area (Å²) in [7, 11) is 0. The van der Waals surface area contributed by atoms with Crippen LogP contribution in [0.25, 0.3) is 12.2 Å². The average molecular weight is 280 g/mol. The molecule has 2 aromatic carbocycles. The van der Waals surface area contributed by atoms with Crippen LogP contribution in [0, 0.1) is 13.8 Å². The molecule has 0 fully saturated rings. The number of hydrogen-bond acceptors (Lipinski definition) is 2. The van der Waals surface area contributed by atoms with Gasteiger partial charge in [0.2, 0.25) is 0 Å². The highest BCUT2D eigenvalue weighted by molar-refractivity contribution is 5.65. The van der Waals surface area contributed by atoms with Gasteiger partial charge in [-0.1, -0.05) is 49.6 Å². The molecular formula is C19H20O2. The maximum Gasteiger partial charge on any atom is 0.126 e. The van der Waals surface area contributed by atoms with Crippen LogP contribution < -0.4 is 0 Å². The number of benzene rings is 2. The summed E-state index contributed by atoms with van der Waals surface area (Å²) in [6.07, 6.45) is 3.76. The largest absolute Gasteiger partial charge is 0.507 e. The van der Waals surface area contributed by atoms with E-state index in [-0.39, 0.29) is 11.5 Å². The Morgan fingerprint density at radius 3 is 1.52 bits per heavy atom. The predicted molar refractivity (Wildman–Crippen MR) is 88.7 cm³/mol. The quantitative estimate of drug-likeness (QED) is 0.859. The van der Waals surface area contributed by atoms with Crippen LogP contribution in [0.4, 0.5) is 0 Å². The Labute approximate surface area is 125 Å². The van der Waals surface area contributed by atoms with Gasteiger partial charge in [0.05, 0.1) is 0 Å². The minimum absolute atomic E-state index is 0.227. The van der Waals surface area contributed by atoms with Crippen molar-refractivity contribution >= 4 is 12.2 Å². The Kier molecular flexibility index (Phi) is 4.18. The highest BCUT2D eigenvalue weighted by Gasteiger charge is 2.13. The van der Waals surface area contributed by atoms with Crippen LogP contribution in [-0.2, 0) is 6.42 Å². The van der Waals surface area contributed by atoms with E-state index >= 15 is 0 Å². The molecule has 0 atom stereocenters. The molecule has 0 heterocycles. The highest BCUT2D eigenvalue weighted by Crippen LogP contribution is 2.33. The monoisotopic (exact) mass is 280 g/mol. The summed E-state index contributed by atoms with van der Waals surface area (Å²) in [4.78, 5) is 0. The Bertz CT molecular complexity index is 650. The fourth-order valence-electron chi connectivity index (χ4n) is 2.51. The summed E-state index contributed by atoms with van der Waals surface area (Å²) in [5.74, 6) is 0.454. The van der Waals surface area contributed by atoms with Crippen LogP contribution in [0.5, 0.6) is 11.5 Å². The first-order valence-electron chi connectivity index (χ1n) is 6.87. The number of aryl methyl sites for hydroxylation is 2. The molecule has 2 heteroatoms. The maximum absolute atomic E-state index is 10.3. The van der Waals surface area contributed by atoms with Crippen molar-refractivity contribution in [3.8, 4) is 11.5 Å². The number of aromatic hydroxyl groups is 2. The van der Waals surface area contributed by atoms with Crippen LogP contribution in [-0.4, -0.2) is 10.2 Å². The minimum Gasteiger partial charge on any atom is -0.507 e. The molecule has 2 rings (SSSR count). The van der Waals surface area contributed by atoms with E-state index < -0.39 is 0 Å². The van der Waals surface area contributed by atoms with E-state index in [0.29, 0.717) is 6.42 Å². The van der Waals surface area contributed by atoms with Gasteiger partial charge in [0.25, 0.3) is 0 Å². The van der Waals surface area contributed by atoms with Crippen molar-refractivity contribution in [2.45, 2.75) is 20.3 Å². The zero-order valence-corrected chi connectivity index (χ0v) is 12.5. The van der Waals surface area contributed by atoms with E-state index in [9.17, 15) is 10.2 Å². The lowest BCUT2D eigenvalue weighted by Crippen LogP contribution is -1.95. The molecular weight excluding hydrogens is 260 g/mol. The van der Waals surface area contributed by atoms with Crippen molar-refractivity contribution in [3.63, 3.8) is 0 Å². The Morgan fingerprint density at radius 2 is 1.19 bits per heavy atom. The van der Waals surface area contributed by atoms with Gasteiger partial charge in [-0.3, -0.25) is 0 Å². The number of rotatable bonds is 4. The molecule has 0 bridgehead atoms. The molecule has 0 radical (unpaired) electrons. The summed E-state index contributed by atoms with van der Waals surface area (Å²) in [5, 5.41) is 20.7. The van der Waals surface area contributed by atoms with Crippen molar-refractivity contribution in [3.05, 3.63) is 70.8 Å². The molecule has 2 aromatic rings.